The number of carbonyl (C=O) groups is 1. The van der Waals surface area contributed by atoms with E-state index >= 15 is 0 Å². The molecule has 0 saturated heterocycles. The molecule has 2 rings (SSSR count). The summed E-state index contributed by atoms with van der Waals surface area (Å²) in [4.78, 5) is 11.4. The Labute approximate surface area is 112 Å². The van der Waals surface area contributed by atoms with Gasteiger partial charge in [-0.15, -0.1) is 0 Å². The van der Waals surface area contributed by atoms with Gasteiger partial charge in [-0.1, -0.05) is 22.4 Å². The SMILES string of the molecule is COc1cc(Br)c(C2(C(=O)O)CCC2)c(F)c1O. The molecule has 98 valence electrons. The number of aliphatic carboxylic acids is 1. The Kier molecular flexibility index (Phi) is 3.23. The van der Waals surface area contributed by atoms with Gasteiger partial charge in [0.15, 0.2) is 17.3 Å². The van der Waals surface area contributed by atoms with Gasteiger partial charge in [0.2, 0.25) is 0 Å². The average molecular weight is 319 g/mol. The second-order valence-electron chi connectivity index (χ2n) is 4.34. The molecule has 6 heteroatoms. The van der Waals surface area contributed by atoms with Gasteiger partial charge in [-0.2, -0.15) is 0 Å². The molecule has 1 aromatic rings. The minimum Gasteiger partial charge on any atom is -0.502 e. The highest BCUT2D eigenvalue weighted by Gasteiger charge is 2.49. The normalized spacial score (nSPS) is 17.1. The summed E-state index contributed by atoms with van der Waals surface area (Å²) >= 11 is 3.16. The van der Waals surface area contributed by atoms with Crippen molar-refractivity contribution in [3.63, 3.8) is 0 Å². The Hall–Kier alpha value is -1.30. The van der Waals surface area contributed by atoms with E-state index in [4.69, 9.17) is 4.74 Å². The van der Waals surface area contributed by atoms with Crippen molar-refractivity contribution in [2.24, 2.45) is 0 Å². The first kappa shape index (κ1) is 13.1. The topological polar surface area (TPSA) is 66.8 Å². The van der Waals surface area contributed by atoms with Crippen molar-refractivity contribution in [3.05, 3.63) is 21.9 Å². The summed E-state index contributed by atoms with van der Waals surface area (Å²) in [5.41, 5.74) is -1.24. The molecule has 0 heterocycles. The van der Waals surface area contributed by atoms with Crippen molar-refractivity contribution in [2.75, 3.05) is 7.11 Å². The number of carboxylic acid groups (broad SMARTS) is 1. The first-order valence-corrected chi connectivity index (χ1v) is 6.22. The van der Waals surface area contributed by atoms with Gasteiger partial charge in [-0.3, -0.25) is 4.79 Å². The smallest absolute Gasteiger partial charge is 0.314 e. The van der Waals surface area contributed by atoms with Crippen LogP contribution in [0.5, 0.6) is 11.5 Å². The van der Waals surface area contributed by atoms with Crippen molar-refractivity contribution < 1.29 is 24.1 Å². The number of benzene rings is 1. The summed E-state index contributed by atoms with van der Waals surface area (Å²) in [5.74, 6) is -2.67. The molecule has 4 nitrogen and oxygen atoms in total. The summed E-state index contributed by atoms with van der Waals surface area (Å²) in [7, 11) is 1.30. The number of phenolic OH excluding ortho intramolecular Hbond substituents is 1. The molecule has 1 aliphatic rings. The third kappa shape index (κ3) is 1.67. The Morgan fingerprint density at radius 1 is 1.56 bits per heavy atom. The lowest BCUT2D eigenvalue weighted by Crippen LogP contribution is -2.43. The van der Waals surface area contributed by atoms with Crippen LogP contribution in [0, 0.1) is 5.82 Å². The first-order chi connectivity index (χ1) is 8.44. The summed E-state index contributed by atoms with van der Waals surface area (Å²) in [6.07, 6.45) is 1.46. The molecule has 1 aromatic carbocycles. The van der Waals surface area contributed by atoms with E-state index in [1.807, 2.05) is 0 Å². The van der Waals surface area contributed by atoms with Crippen LogP contribution in [0.3, 0.4) is 0 Å². The van der Waals surface area contributed by atoms with Gasteiger partial charge in [0.25, 0.3) is 0 Å². The Morgan fingerprint density at radius 3 is 2.56 bits per heavy atom. The fourth-order valence-electron chi connectivity index (χ4n) is 2.28. The Morgan fingerprint density at radius 2 is 2.17 bits per heavy atom. The van der Waals surface area contributed by atoms with E-state index in [0.29, 0.717) is 17.3 Å². The highest BCUT2D eigenvalue weighted by atomic mass is 79.9. The fraction of sp³-hybridized carbons (Fsp3) is 0.417. The quantitative estimate of drug-likeness (QED) is 0.899. The third-order valence-corrected chi connectivity index (χ3v) is 4.10. The maximum absolute atomic E-state index is 14.2. The number of rotatable bonds is 3. The van der Waals surface area contributed by atoms with Gasteiger partial charge in [-0.05, 0) is 18.9 Å². The second kappa shape index (κ2) is 4.42. The predicted molar refractivity (Wildman–Crippen MR) is 65.5 cm³/mol. The summed E-state index contributed by atoms with van der Waals surface area (Å²) in [5, 5.41) is 19.0. The van der Waals surface area contributed by atoms with Crippen molar-refractivity contribution in [3.8, 4) is 11.5 Å². The molecule has 0 aliphatic heterocycles. The van der Waals surface area contributed by atoms with Crippen molar-refractivity contribution >= 4 is 21.9 Å². The van der Waals surface area contributed by atoms with E-state index < -0.39 is 23.0 Å². The highest BCUT2D eigenvalue weighted by molar-refractivity contribution is 9.10. The lowest BCUT2D eigenvalue weighted by molar-refractivity contribution is -0.147. The van der Waals surface area contributed by atoms with E-state index in [9.17, 15) is 19.4 Å². The molecule has 1 fully saturated rings. The van der Waals surface area contributed by atoms with Crippen LogP contribution in [0.25, 0.3) is 0 Å². The lowest BCUT2D eigenvalue weighted by atomic mass is 9.64. The van der Waals surface area contributed by atoms with Crippen molar-refractivity contribution in [1.82, 2.24) is 0 Å². The summed E-state index contributed by atoms with van der Waals surface area (Å²) in [6.45, 7) is 0. The van der Waals surface area contributed by atoms with Gasteiger partial charge in [0.1, 0.15) is 0 Å². The molecular weight excluding hydrogens is 307 g/mol. The molecule has 0 unspecified atom stereocenters. The largest absolute Gasteiger partial charge is 0.502 e. The maximum Gasteiger partial charge on any atom is 0.314 e. The minimum atomic E-state index is -1.24. The van der Waals surface area contributed by atoms with Crippen LogP contribution >= 0.6 is 15.9 Å². The Balaban J connectivity index is 2.65. The molecule has 0 bridgehead atoms. The standard InChI is InChI=1S/C12H12BrFO4/c1-18-7-5-6(13)8(9(14)10(7)15)12(11(16)17)3-2-4-12/h5,15H,2-4H2,1H3,(H,16,17). The van der Waals surface area contributed by atoms with Crippen LogP contribution in [-0.2, 0) is 10.2 Å². The van der Waals surface area contributed by atoms with Crippen LogP contribution in [0.2, 0.25) is 0 Å². The molecule has 0 spiro atoms. The third-order valence-electron chi connectivity index (χ3n) is 3.47. The van der Waals surface area contributed by atoms with Crippen molar-refractivity contribution in [2.45, 2.75) is 24.7 Å². The molecule has 0 aromatic heterocycles. The minimum absolute atomic E-state index is 0.000417. The number of methoxy groups -OCH3 is 1. The monoisotopic (exact) mass is 318 g/mol. The number of carboxylic acids is 1. The summed E-state index contributed by atoms with van der Waals surface area (Å²) < 4.78 is 19.3. The zero-order valence-corrected chi connectivity index (χ0v) is 11.3. The van der Waals surface area contributed by atoms with Gasteiger partial charge in [0.05, 0.1) is 12.5 Å². The number of aromatic hydroxyl groups is 1. The summed E-state index contributed by atoms with van der Waals surface area (Å²) in [6, 6.07) is 1.39. The molecule has 2 N–H and O–H groups in total. The number of hydrogen-bond acceptors (Lipinski definition) is 3. The van der Waals surface area contributed by atoms with E-state index in [0.717, 1.165) is 6.42 Å². The van der Waals surface area contributed by atoms with Gasteiger partial charge >= 0.3 is 5.97 Å². The highest BCUT2D eigenvalue weighted by Crippen LogP contribution is 2.50. The maximum atomic E-state index is 14.2. The van der Waals surface area contributed by atoms with E-state index in [-0.39, 0.29) is 11.3 Å². The first-order valence-electron chi connectivity index (χ1n) is 5.43. The van der Waals surface area contributed by atoms with Gasteiger partial charge in [0, 0.05) is 10.0 Å². The number of ether oxygens (including phenoxy) is 1. The average Bonchev–Trinajstić information content (AvgIpc) is 2.26. The van der Waals surface area contributed by atoms with E-state index in [2.05, 4.69) is 15.9 Å². The molecule has 1 saturated carbocycles. The zero-order chi connectivity index (χ0) is 13.5. The number of halogens is 2. The Bertz CT molecular complexity index is 511. The predicted octanol–water partition coefficient (Wildman–Crippen LogP) is 2.81. The van der Waals surface area contributed by atoms with Crippen LogP contribution < -0.4 is 4.74 Å². The lowest BCUT2D eigenvalue weighted by Gasteiger charge is -2.39. The van der Waals surface area contributed by atoms with Gasteiger partial charge < -0.3 is 14.9 Å². The van der Waals surface area contributed by atoms with Crippen LogP contribution in [0.4, 0.5) is 4.39 Å². The van der Waals surface area contributed by atoms with E-state index in [1.54, 1.807) is 0 Å². The number of phenols is 1. The van der Waals surface area contributed by atoms with Crippen LogP contribution in [0.15, 0.2) is 10.5 Å². The van der Waals surface area contributed by atoms with Crippen molar-refractivity contribution in [1.29, 1.82) is 0 Å². The molecule has 0 radical (unpaired) electrons. The fourth-order valence-corrected chi connectivity index (χ4v) is 3.04. The van der Waals surface area contributed by atoms with Crippen LogP contribution in [0.1, 0.15) is 24.8 Å². The molecule has 18 heavy (non-hydrogen) atoms. The molecule has 0 atom stereocenters. The second-order valence-corrected chi connectivity index (χ2v) is 5.19. The number of hydrogen-bond donors (Lipinski definition) is 2. The van der Waals surface area contributed by atoms with Gasteiger partial charge in [-0.25, -0.2) is 4.39 Å². The molecular formula is C12H12BrFO4. The zero-order valence-electron chi connectivity index (χ0n) is 9.67. The van der Waals surface area contributed by atoms with E-state index in [1.165, 1.54) is 13.2 Å². The molecule has 0 amide bonds. The van der Waals surface area contributed by atoms with Crippen LogP contribution in [-0.4, -0.2) is 23.3 Å². The molecule has 1 aliphatic carbocycles.